The van der Waals surface area contributed by atoms with Gasteiger partial charge in [-0.3, -0.25) is 4.72 Å². The summed E-state index contributed by atoms with van der Waals surface area (Å²) in [5.74, 6) is 1.07. The van der Waals surface area contributed by atoms with Gasteiger partial charge in [-0.15, -0.1) is 0 Å². The van der Waals surface area contributed by atoms with Crippen molar-refractivity contribution in [3.05, 3.63) is 55.0 Å². The molecule has 8 nitrogen and oxygen atoms in total. The number of methoxy groups -OCH3 is 1. The summed E-state index contributed by atoms with van der Waals surface area (Å²) < 4.78 is 34.3. The molecule has 5 rings (SSSR count). The van der Waals surface area contributed by atoms with E-state index in [1.165, 1.54) is 19.2 Å². The molecule has 1 fully saturated rings. The van der Waals surface area contributed by atoms with Crippen LogP contribution in [0.15, 0.2) is 55.0 Å². The predicted molar refractivity (Wildman–Crippen MR) is 135 cm³/mol. The lowest BCUT2D eigenvalue weighted by atomic mass is 9.98. The van der Waals surface area contributed by atoms with Crippen molar-refractivity contribution in [3.63, 3.8) is 0 Å². The van der Waals surface area contributed by atoms with Gasteiger partial charge in [0.05, 0.1) is 24.4 Å². The van der Waals surface area contributed by atoms with Gasteiger partial charge in [0.15, 0.2) is 0 Å². The van der Waals surface area contributed by atoms with Crippen molar-refractivity contribution in [2.24, 2.45) is 0 Å². The van der Waals surface area contributed by atoms with Crippen molar-refractivity contribution in [1.82, 2.24) is 14.5 Å². The van der Waals surface area contributed by atoms with Crippen molar-refractivity contribution in [2.45, 2.75) is 31.7 Å². The van der Waals surface area contributed by atoms with Gasteiger partial charge in [-0.05, 0) is 36.6 Å². The Morgan fingerprint density at radius 3 is 2.56 bits per heavy atom. The summed E-state index contributed by atoms with van der Waals surface area (Å²) in [6.07, 6.45) is 9.45. The first-order valence-corrected chi connectivity index (χ1v) is 13.1. The predicted octanol–water partition coefficient (Wildman–Crippen LogP) is 4.84. The minimum absolute atomic E-state index is 0.403. The first-order chi connectivity index (χ1) is 16.4. The van der Waals surface area contributed by atoms with E-state index in [1.807, 2.05) is 30.3 Å². The number of hydrogen-bond acceptors (Lipinski definition) is 6. The topological polar surface area (TPSA) is 112 Å². The maximum Gasteiger partial charge on any atom is 0.229 e. The smallest absolute Gasteiger partial charge is 0.229 e. The van der Waals surface area contributed by atoms with Gasteiger partial charge < -0.3 is 15.0 Å². The Hall–Kier alpha value is -3.59. The number of benzene rings is 2. The van der Waals surface area contributed by atoms with Crippen LogP contribution in [0.1, 0.15) is 31.7 Å². The minimum atomic E-state index is -3.43. The summed E-state index contributed by atoms with van der Waals surface area (Å²) in [5, 5.41) is 0.836. The molecule has 2 heterocycles. The number of hydrogen-bond donors (Lipinski definition) is 2. The molecule has 0 aliphatic heterocycles. The summed E-state index contributed by atoms with van der Waals surface area (Å²) >= 11 is 0. The number of ether oxygens (including phenoxy) is 1. The average molecular weight is 478 g/mol. The third kappa shape index (κ3) is 4.07. The summed E-state index contributed by atoms with van der Waals surface area (Å²) in [7, 11) is -1.83. The van der Waals surface area contributed by atoms with Crippen LogP contribution >= 0.6 is 0 Å². The molecule has 0 saturated heterocycles. The zero-order valence-electron chi connectivity index (χ0n) is 19.2. The Bertz CT molecular complexity index is 1470. The molecule has 1 saturated carbocycles. The van der Waals surface area contributed by atoms with Crippen LogP contribution < -0.4 is 15.2 Å². The summed E-state index contributed by atoms with van der Waals surface area (Å²) in [6, 6.07) is 13.5. The molecule has 0 unspecified atom stereocenters. The molecule has 176 valence electrons. The molecule has 0 atom stereocenters. The largest absolute Gasteiger partial charge is 0.496 e. The van der Waals surface area contributed by atoms with Gasteiger partial charge in [-0.2, -0.15) is 0 Å². The highest BCUT2D eigenvalue weighted by Gasteiger charge is 2.23. The number of rotatable bonds is 6. The number of sulfonamides is 1. The van der Waals surface area contributed by atoms with E-state index in [-0.39, 0.29) is 0 Å². The van der Waals surface area contributed by atoms with Crippen LogP contribution in [0, 0.1) is 0 Å². The van der Waals surface area contributed by atoms with Crippen molar-refractivity contribution in [1.29, 1.82) is 0 Å². The minimum Gasteiger partial charge on any atom is -0.496 e. The molecule has 0 amide bonds. The number of nitrogen functional groups attached to an aromatic ring is 1. The fraction of sp³-hybridized carbons (Fsp3) is 0.280. The van der Waals surface area contributed by atoms with Crippen molar-refractivity contribution >= 4 is 32.6 Å². The second kappa shape index (κ2) is 8.64. The number of anilines is 2. The normalized spacial score (nSPS) is 14.5. The Kier molecular flexibility index (Phi) is 5.65. The first-order valence-electron chi connectivity index (χ1n) is 11.2. The molecule has 0 spiro atoms. The lowest BCUT2D eigenvalue weighted by Crippen LogP contribution is -2.10. The average Bonchev–Trinajstić information content (AvgIpc) is 3.47. The molecule has 0 bridgehead atoms. The van der Waals surface area contributed by atoms with Crippen LogP contribution in [0.3, 0.4) is 0 Å². The fourth-order valence-electron chi connectivity index (χ4n) is 4.88. The van der Waals surface area contributed by atoms with Gasteiger partial charge in [-0.25, -0.2) is 18.4 Å². The van der Waals surface area contributed by atoms with Crippen LogP contribution in [0.4, 0.5) is 11.5 Å². The third-order valence-corrected chi connectivity index (χ3v) is 6.97. The van der Waals surface area contributed by atoms with Crippen molar-refractivity contribution in [3.8, 4) is 28.0 Å². The first kappa shape index (κ1) is 22.2. The van der Waals surface area contributed by atoms with E-state index in [0.29, 0.717) is 23.3 Å². The fourth-order valence-corrected chi connectivity index (χ4v) is 5.45. The zero-order valence-corrected chi connectivity index (χ0v) is 20.0. The molecule has 1 aliphatic carbocycles. The monoisotopic (exact) mass is 477 g/mol. The van der Waals surface area contributed by atoms with Crippen molar-refractivity contribution in [2.75, 3.05) is 23.8 Å². The molecule has 1 aliphatic rings. The number of fused-ring (bicyclic) bond motifs is 1. The molecule has 3 N–H and O–H groups in total. The Balaban J connectivity index is 1.65. The highest BCUT2D eigenvalue weighted by Crippen LogP contribution is 2.42. The summed E-state index contributed by atoms with van der Waals surface area (Å²) in [6.45, 7) is 0. The van der Waals surface area contributed by atoms with Gasteiger partial charge in [0.2, 0.25) is 10.0 Å². The van der Waals surface area contributed by atoms with E-state index in [9.17, 15) is 8.42 Å². The summed E-state index contributed by atoms with van der Waals surface area (Å²) in [4.78, 5) is 8.81. The number of nitrogens with one attached hydrogen (secondary N) is 1. The van der Waals surface area contributed by atoms with Crippen LogP contribution in [0.5, 0.6) is 5.75 Å². The maximum atomic E-state index is 11.9. The van der Waals surface area contributed by atoms with E-state index in [0.717, 1.165) is 52.4 Å². The van der Waals surface area contributed by atoms with Gasteiger partial charge in [0, 0.05) is 28.9 Å². The maximum absolute atomic E-state index is 11.9. The summed E-state index contributed by atoms with van der Waals surface area (Å²) in [5.41, 5.74) is 11.0. The molecule has 2 aromatic carbocycles. The molecular formula is C25H27N5O3S. The van der Waals surface area contributed by atoms with E-state index in [2.05, 4.69) is 25.5 Å². The van der Waals surface area contributed by atoms with E-state index < -0.39 is 10.0 Å². The SMILES string of the molecule is COc1cc(-c2cn(C3CCCC3)c3ncnc(N)c23)ccc1-c1ccccc1NS(C)(=O)=O. The lowest BCUT2D eigenvalue weighted by molar-refractivity contribution is 0.416. The zero-order chi connectivity index (χ0) is 23.9. The van der Waals surface area contributed by atoms with Gasteiger partial charge in [0.25, 0.3) is 0 Å². The standard InChI is InChI=1S/C25H27N5O3S/c1-33-22-13-16(11-12-19(22)18-9-5-6-10-21(18)29-34(2,31)32)20-14-30(17-7-3-4-8-17)25-23(20)24(26)27-15-28-25/h5-6,9-15,17,29H,3-4,7-8H2,1-2H3,(H2,26,27,28). The molecule has 2 aromatic heterocycles. The van der Waals surface area contributed by atoms with Crippen LogP contribution in [0.2, 0.25) is 0 Å². The van der Waals surface area contributed by atoms with E-state index in [1.54, 1.807) is 19.2 Å². The van der Waals surface area contributed by atoms with Crippen LogP contribution in [-0.2, 0) is 10.0 Å². The van der Waals surface area contributed by atoms with E-state index in [4.69, 9.17) is 10.5 Å². The third-order valence-electron chi connectivity index (χ3n) is 6.38. The van der Waals surface area contributed by atoms with Gasteiger partial charge in [-0.1, -0.05) is 37.1 Å². The Morgan fingerprint density at radius 1 is 1.06 bits per heavy atom. The molecular weight excluding hydrogens is 450 g/mol. The number of para-hydroxylation sites is 1. The Morgan fingerprint density at radius 2 is 1.82 bits per heavy atom. The second-order valence-electron chi connectivity index (χ2n) is 8.68. The number of nitrogens with zero attached hydrogens (tertiary/aromatic N) is 3. The van der Waals surface area contributed by atoms with Gasteiger partial charge in [0.1, 0.15) is 23.5 Å². The molecule has 4 aromatic rings. The lowest BCUT2D eigenvalue weighted by Gasteiger charge is -2.15. The highest BCUT2D eigenvalue weighted by molar-refractivity contribution is 7.92. The molecule has 9 heteroatoms. The van der Waals surface area contributed by atoms with Crippen molar-refractivity contribution < 1.29 is 13.2 Å². The Labute approximate surface area is 198 Å². The van der Waals surface area contributed by atoms with Crippen LogP contribution in [-0.4, -0.2) is 36.3 Å². The molecule has 34 heavy (non-hydrogen) atoms. The number of aromatic nitrogens is 3. The second-order valence-corrected chi connectivity index (χ2v) is 10.4. The van der Waals surface area contributed by atoms with Gasteiger partial charge >= 0.3 is 0 Å². The van der Waals surface area contributed by atoms with Crippen LogP contribution in [0.25, 0.3) is 33.3 Å². The quantitative estimate of drug-likeness (QED) is 0.411. The molecule has 0 radical (unpaired) electrons. The number of nitrogens with two attached hydrogens (primary N) is 1. The van der Waals surface area contributed by atoms with E-state index >= 15 is 0 Å². The highest BCUT2D eigenvalue weighted by atomic mass is 32.2.